The number of likely N-dealkylation sites (tertiary alicyclic amines) is 1. The largest absolute Gasteiger partial charge is 0.340 e. The molecule has 0 radical (unpaired) electrons. The molecule has 1 amide bonds. The number of amides is 1. The van der Waals surface area contributed by atoms with E-state index in [0.717, 1.165) is 17.6 Å². The molecule has 0 aromatic heterocycles. The zero-order valence-electron chi connectivity index (χ0n) is 11.3. The Kier molecular flexibility index (Phi) is 4.92. The van der Waals surface area contributed by atoms with Gasteiger partial charge in [0.25, 0.3) is 5.91 Å². The molecule has 1 saturated heterocycles. The molecule has 0 aliphatic carbocycles. The van der Waals surface area contributed by atoms with E-state index in [2.05, 4.69) is 40.5 Å². The molecule has 3 nitrogen and oxygen atoms in total. The predicted octanol–water partition coefficient (Wildman–Crippen LogP) is 2.90. The van der Waals surface area contributed by atoms with Crippen LogP contribution in [0, 0.1) is 0 Å². The topological polar surface area (TPSA) is 23.6 Å². The highest BCUT2D eigenvalue weighted by Crippen LogP contribution is 2.22. The Morgan fingerprint density at radius 3 is 2.89 bits per heavy atom. The Hall–Kier alpha value is -0.520. The summed E-state index contributed by atoms with van der Waals surface area (Å²) >= 11 is 7.76. The van der Waals surface area contributed by atoms with Gasteiger partial charge in [0, 0.05) is 29.0 Å². The summed E-state index contributed by atoms with van der Waals surface area (Å²) in [5.41, 5.74) is 0.662. The maximum absolute atomic E-state index is 12.4. The molecule has 1 aromatic carbocycles. The molecule has 1 aliphatic heterocycles. The fourth-order valence-corrected chi connectivity index (χ4v) is 3.35. The van der Waals surface area contributed by atoms with E-state index in [0.29, 0.717) is 16.5 Å². The van der Waals surface area contributed by atoms with E-state index in [1.165, 1.54) is 12.8 Å². The molecule has 1 aromatic rings. The van der Waals surface area contributed by atoms with Crippen molar-refractivity contribution in [3.63, 3.8) is 0 Å². The van der Waals surface area contributed by atoms with Crippen LogP contribution >= 0.6 is 28.6 Å². The molecule has 19 heavy (non-hydrogen) atoms. The molecule has 1 fully saturated rings. The highest BCUT2D eigenvalue weighted by atomic mass is 79.9. The first-order valence-corrected chi connectivity index (χ1v) is 7.67. The van der Waals surface area contributed by atoms with Gasteiger partial charge in [-0.15, -0.1) is 12.6 Å². The molecular formula is C14H19BrN2OS. The first-order valence-electron chi connectivity index (χ1n) is 6.43. The summed E-state index contributed by atoms with van der Waals surface area (Å²) in [6.07, 6.45) is 2.39. The van der Waals surface area contributed by atoms with Gasteiger partial charge in [0.2, 0.25) is 0 Å². The molecular weight excluding hydrogens is 324 g/mol. The third-order valence-corrected chi connectivity index (χ3v) is 4.56. The molecule has 1 heterocycles. The van der Waals surface area contributed by atoms with E-state index in [1.54, 1.807) is 4.90 Å². The average Bonchev–Trinajstić information content (AvgIpc) is 2.74. The van der Waals surface area contributed by atoms with Crippen LogP contribution in [0.25, 0.3) is 0 Å². The lowest BCUT2D eigenvalue weighted by Gasteiger charge is -2.26. The van der Waals surface area contributed by atoms with Crippen LogP contribution in [-0.2, 0) is 0 Å². The minimum absolute atomic E-state index is 0.0396. The summed E-state index contributed by atoms with van der Waals surface area (Å²) in [4.78, 5) is 17.3. The van der Waals surface area contributed by atoms with Crippen molar-refractivity contribution in [3.8, 4) is 0 Å². The smallest absolute Gasteiger partial charge is 0.254 e. The van der Waals surface area contributed by atoms with E-state index in [9.17, 15) is 4.79 Å². The molecule has 0 saturated carbocycles. The Bertz CT molecular complexity index is 481. The number of carbonyl (C=O) groups is 1. The third-order valence-electron chi connectivity index (χ3n) is 3.69. The van der Waals surface area contributed by atoms with E-state index < -0.39 is 0 Å². The third kappa shape index (κ3) is 3.52. The zero-order valence-corrected chi connectivity index (χ0v) is 13.7. The van der Waals surface area contributed by atoms with Gasteiger partial charge in [-0.25, -0.2) is 0 Å². The second-order valence-electron chi connectivity index (χ2n) is 5.12. The SMILES string of the molecule is CN(CC1CCCN1C)C(=O)c1ccc(Br)cc1S. The molecule has 0 spiro atoms. The Balaban J connectivity index is 2.06. The van der Waals surface area contributed by atoms with Crippen LogP contribution in [0.5, 0.6) is 0 Å². The second-order valence-corrected chi connectivity index (χ2v) is 6.52. The Morgan fingerprint density at radius 1 is 1.58 bits per heavy atom. The van der Waals surface area contributed by atoms with E-state index in [4.69, 9.17) is 0 Å². The zero-order chi connectivity index (χ0) is 14.0. The number of hydrogen-bond acceptors (Lipinski definition) is 3. The first kappa shape index (κ1) is 14.9. The van der Waals surface area contributed by atoms with Crippen molar-refractivity contribution in [1.29, 1.82) is 0 Å². The number of rotatable bonds is 3. The molecule has 0 bridgehead atoms. The van der Waals surface area contributed by atoms with Gasteiger partial charge in [0.05, 0.1) is 5.56 Å². The van der Waals surface area contributed by atoms with Gasteiger partial charge in [-0.3, -0.25) is 4.79 Å². The lowest BCUT2D eigenvalue weighted by molar-refractivity contribution is 0.0758. The van der Waals surface area contributed by atoms with Gasteiger partial charge >= 0.3 is 0 Å². The number of hydrogen-bond donors (Lipinski definition) is 1. The number of likely N-dealkylation sites (N-methyl/N-ethyl adjacent to an activating group) is 2. The maximum Gasteiger partial charge on any atom is 0.254 e. The highest BCUT2D eigenvalue weighted by molar-refractivity contribution is 9.10. The van der Waals surface area contributed by atoms with Gasteiger partial charge in [0.1, 0.15) is 0 Å². The molecule has 1 unspecified atom stereocenters. The first-order chi connectivity index (χ1) is 8.99. The van der Waals surface area contributed by atoms with Gasteiger partial charge in [-0.1, -0.05) is 15.9 Å². The quantitative estimate of drug-likeness (QED) is 0.853. The normalized spacial score (nSPS) is 19.7. The van der Waals surface area contributed by atoms with E-state index in [1.807, 2.05) is 25.2 Å². The van der Waals surface area contributed by atoms with Crippen molar-refractivity contribution in [2.75, 3.05) is 27.2 Å². The highest BCUT2D eigenvalue weighted by Gasteiger charge is 2.24. The van der Waals surface area contributed by atoms with Gasteiger partial charge < -0.3 is 9.80 Å². The van der Waals surface area contributed by atoms with Crippen LogP contribution < -0.4 is 0 Å². The summed E-state index contributed by atoms with van der Waals surface area (Å²) < 4.78 is 0.937. The standard InChI is InChI=1S/C14H19BrN2OS/c1-16-7-3-4-11(16)9-17(2)14(18)12-6-5-10(15)8-13(12)19/h5-6,8,11,19H,3-4,7,9H2,1-2H3. The van der Waals surface area contributed by atoms with E-state index in [-0.39, 0.29) is 5.91 Å². The van der Waals surface area contributed by atoms with Crippen molar-refractivity contribution in [2.45, 2.75) is 23.8 Å². The monoisotopic (exact) mass is 342 g/mol. The van der Waals surface area contributed by atoms with Crippen LogP contribution in [0.3, 0.4) is 0 Å². The van der Waals surface area contributed by atoms with Crippen LogP contribution in [0.2, 0.25) is 0 Å². The molecule has 2 rings (SSSR count). The van der Waals surface area contributed by atoms with Crippen LogP contribution in [0.4, 0.5) is 0 Å². The molecule has 1 aliphatic rings. The van der Waals surface area contributed by atoms with Crippen LogP contribution in [0.15, 0.2) is 27.6 Å². The molecule has 0 N–H and O–H groups in total. The Morgan fingerprint density at radius 2 is 2.32 bits per heavy atom. The molecule has 104 valence electrons. The fourth-order valence-electron chi connectivity index (χ4n) is 2.50. The van der Waals surface area contributed by atoms with Gasteiger partial charge in [0.15, 0.2) is 0 Å². The van der Waals surface area contributed by atoms with Gasteiger partial charge in [-0.2, -0.15) is 0 Å². The summed E-state index contributed by atoms with van der Waals surface area (Å²) in [6.45, 7) is 1.90. The average molecular weight is 343 g/mol. The second kappa shape index (κ2) is 6.29. The molecule has 1 atom stereocenters. The minimum Gasteiger partial charge on any atom is -0.340 e. The van der Waals surface area contributed by atoms with Crippen molar-refractivity contribution in [1.82, 2.24) is 9.80 Å². The van der Waals surface area contributed by atoms with Crippen LogP contribution in [0.1, 0.15) is 23.2 Å². The van der Waals surface area contributed by atoms with Crippen molar-refractivity contribution in [3.05, 3.63) is 28.2 Å². The summed E-state index contributed by atoms with van der Waals surface area (Å²) in [7, 11) is 3.99. The number of carbonyl (C=O) groups excluding carboxylic acids is 1. The lowest BCUT2D eigenvalue weighted by Crippen LogP contribution is -2.39. The predicted molar refractivity (Wildman–Crippen MR) is 84.0 cm³/mol. The summed E-state index contributed by atoms with van der Waals surface area (Å²) in [5, 5.41) is 0. The van der Waals surface area contributed by atoms with E-state index >= 15 is 0 Å². The number of nitrogens with zero attached hydrogens (tertiary/aromatic N) is 2. The van der Waals surface area contributed by atoms with Gasteiger partial charge in [-0.05, 0) is 44.6 Å². The number of halogens is 1. The van der Waals surface area contributed by atoms with Crippen LogP contribution in [-0.4, -0.2) is 48.9 Å². The summed E-state index contributed by atoms with van der Waals surface area (Å²) in [6, 6.07) is 6.03. The van der Waals surface area contributed by atoms with Crippen molar-refractivity contribution >= 4 is 34.5 Å². The molecule has 5 heteroatoms. The fraction of sp³-hybridized carbons (Fsp3) is 0.500. The number of benzene rings is 1. The minimum atomic E-state index is 0.0396. The number of thiol groups is 1. The Labute approximate surface area is 128 Å². The summed E-state index contributed by atoms with van der Waals surface area (Å²) in [5.74, 6) is 0.0396. The van der Waals surface area contributed by atoms with Crippen molar-refractivity contribution in [2.24, 2.45) is 0 Å². The maximum atomic E-state index is 12.4. The van der Waals surface area contributed by atoms with Crippen molar-refractivity contribution < 1.29 is 4.79 Å². The lowest BCUT2D eigenvalue weighted by atomic mass is 10.1.